The van der Waals surface area contributed by atoms with E-state index in [1.165, 1.54) is 11.1 Å². The van der Waals surface area contributed by atoms with Gasteiger partial charge in [0.1, 0.15) is 0 Å². The van der Waals surface area contributed by atoms with Crippen molar-refractivity contribution in [2.24, 2.45) is 0 Å². The number of hydrogen-bond donors (Lipinski definition) is 0. The van der Waals surface area contributed by atoms with Gasteiger partial charge in [-0.05, 0) is 27.7 Å². The van der Waals surface area contributed by atoms with Crippen LogP contribution in [0.3, 0.4) is 0 Å². The Morgan fingerprint density at radius 3 is 1.69 bits per heavy atom. The van der Waals surface area contributed by atoms with Gasteiger partial charge in [0.25, 0.3) is 0 Å². The van der Waals surface area contributed by atoms with E-state index in [0.717, 1.165) is 26.2 Å². The summed E-state index contributed by atoms with van der Waals surface area (Å²) in [5.74, 6) is 0. The van der Waals surface area contributed by atoms with Gasteiger partial charge in [0.05, 0.1) is 0 Å². The molecule has 1 heterocycles. The van der Waals surface area contributed by atoms with E-state index in [1.54, 1.807) is 0 Å². The molecule has 0 radical (unpaired) electrons. The molecule has 0 atom stereocenters. The topological polar surface area (TPSA) is 23.6 Å². The molecule has 0 aromatic rings. The molecule has 2 amide bonds. The molecule has 0 unspecified atom stereocenters. The zero-order valence-electron chi connectivity index (χ0n) is 10.8. The highest BCUT2D eigenvalue weighted by atomic mass is 16.2. The zero-order chi connectivity index (χ0) is 12.1. The van der Waals surface area contributed by atoms with Crippen LogP contribution in [0.2, 0.25) is 0 Å². The molecule has 1 aliphatic heterocycles. The molecule has 3 heteroatoms. The second-order valence-electron chi connectivity index (χ2n) is 4.74. The molecular formula is C13H22N2O. The van der Waals surface area contributed by atoms with E-state index < -0.39 is 0 Å². The van der Waals surface area contributed by atoms with Gasteiger partial charge in [-0.1, -0.05) is 23.3 Å². The van der Waals surface area contributed by atoms with E-state index in [9.17, 15) is 4.79 Å². The summed E-state index contributed by atoms with van der Waals surface area (Å²) in [6.45, 7) is 11.4. The van der Waals surface area contributed by atoms with Crippen molar-refractivity contribution in [1.82, 2.24) is 9.80 Å². The van der Waals surface area contributed by atoms with E-state index >= 15 is 0 Å². The molecule has 0 aliphatic carbocycles. The van der Waals surface area contributed by atoms with Crippen LogP contribution >= 0.6 is 0 Å². The number of amides is 2. The number of carbonyl (C=O) groups is 1. The normalized spacial score (nSPS) is 15.4. The van der Waals surface area contributed by atoms with Gasteiger partial charge in [0.15, 0.2) is 0 Å². The first-order valence-electron chi connectivity index (χ1n) is 5.81. The summed E-state index contributed by atoms with van der Waals surface area (Å²) in [7, 11) is 0. The minimum atomic E-state index is 0.162. The maximum atomic E-state index is 11.9. The zero-order valence-corrected chi connectivity index (χ0v) is 10.8. The highest BCUT2D eigenvalue weighted by molar-refractivity contribution is 5.76. The molecular weight excluding hydrogens is 200 g/mol. The molecule has 16 heavy (non-hydrogen) atoms. The van der Waals surface area contributed by atoms with E-state index in [-0.39, 0.29) is 6.03 Å². The largest absolute Gasteiger partial charge is 0.320 e. The Kier molecular flexibility index (Phi) is 4.59. The summed E-state index contributed by atoms with van der Waals surface area (Å²) in [6.07, 6.45) is 4.20. The molecule has 0 aromatic heterocycles. The van der Waals surface area contributed by atoms with Crippen molar-refractivity contribution in [2.75, 3.05) is 26.2 Å². The third-order valence-corrected chi connectivity index (χ3v) is 2.62. The van der Waals surface area contributed by atoms with Gasteiger partial charge in [-0.25, -0.2) is 4.79 Å². The van der Waals surface area contributed by atoms with E-state index in [4.69, 9.17) is 0 Å². The fourth-order valence-corrected chi connectivity index (χ4v) is 1.56. The molecule has 1 fully saturated rings. The summed E-state index contributed by atoms with van der Waals surface area (Å²) in [6, 6.07) is 0.162. The van der Waals surface area contributed by atoms with Crippen LogP contribution in [-0.2, 0) is 0 Å². The summed E-state index contributed by atoms with van der Waals surface area (Å²) < 4.78 is 0. The summed E-state index contributed by atoms with van der Waals surface area (Å²) in [5, 5.41) is 0. The van der Waals surface area contributed by atoms with Crippen LogP contribution in [0.25, 0.3) is 0 Å². The fraction of sp³-hybridized carbons (Fsp3) is 0.615. The molecule has 0 spiro atoms. The van der Waals surface area contributed by atoms with Crippen LogP contribution in [0, 0.1) is 0 Å². The molecule has 1 aliphatic rings. The molecule has 0 bridgehead atoms. The molecule has 0 aromatic carbocycles. The van der Waals surface area contributed by atoms with E-state index in [2.05, 4.69) is 39.8 Å². The van der Waals surface area contributed by atoms with E-state index in [1.807, 2.05) is 9.80 Å². The first-order valence-corrected chi connectivity index (χ1v) is 5.81. The highest BCUT2D eigenvalue weighted by Crippen LogP contribution is 2.09. The first kappa shape index (κ1) is 12.8. The molecule has 90 valence electrons. The van der Waals surface area contributed by atoms with Gasteiger partial charge in [-0.15, -0.1) is 0 Å². The quantitative estimate of drug-likeness (QED) is 0.671. The van der Waals surface area contributed by atoms with Crippen molar-refractivity contribution in [2.45, 2.75) is 27.7 Å². The van der Waals surface area contributed by atoms with Crippen molar-refractivity contribution in [3.63, 3.8) is 0 Å². The minimum Gasteiger partial charge on any atom is -0.319 e. The molecule has 0 N–H and O–H groups in total. The lowest BCUT2D eigenvalue weighted by Crippen LogP contribution is -2.32. The number of rotatable bonds is 4. The molecule has 1 rings (SSSR count). The third-order valence-electron chi connectivity index (χ3n) is 2.62. The van der Waals surface area contributed by atoms with Gasteiger partial charge >= 0.3 is 6.03 Å². The van der Waals surface area contributed by atoms with Crippen LogP contribution < -0.4 is 0 Å². The Hall–Kier alpha value is -1.25. The van der Waals surface area contributed by atoms with Crippen LogP contribution in [0.1, 0.15) is 27.7 Å². The van der Waals surface area contributed by atoms with Crippen LogP contribution in [0.4, 0.5) is 4.79 Å². The average Bonchev–Trinajstić information content (AvgIpc) is 2.53. The Bertz CT molecular complexity index is 280. The van der Waals surface area contributed by atoms with Gasteiger partial charge in [-0.2, -0.15) is 0 Å². The number of allylic oxidation sites excluding steroid dienone is 2. The van der Waals surface area contributed by atoms with Gasteiger partial charge in [0.2, 0.25) is 0 Å². The SMILES string of the molecule is CC(C)=CCN1CCN(CC=C(C)C)C1=O. The van der Waals surface area contributed by atoms with Crippen molar-refractivity contribution < 1.29 is 4.79 Å². The maximum absolute atomic E-state index is 11.9. The minimum absolute atomic E-state index is 0.162. The van der Waals surface area contributed by atoms with E-state index in [0.29, 0.717) is 0 Å². The second-order valence-corrected chi connectivity index (χ2v) is 4.74. The van der Waals surface area contributed by atoms with Crippen molar-refractivity contribution in [3.8, 4) is 0 Å². The number of urea groups is 1. The van der Waals surface area contributed by atoms with Crippen LogP contribution in [0.15, 0.2) is 23.3 Å². The summed E-state index contributed by atoms with van der Waals surface area (Å²) in [4.78, 5) is 15.7. The number of nitrogens with zero attached hydrogens (tertiary/aromatic N) is 2. The third kappa shape index (κ3) is 3.72. The number of carbonyl (C=O) groups excluding carboxylic acids is 1. The standard InChI is InChI=1S/C13H22N2O/c1-11(2)5-7-14-9-10-15(13(14)16)8-6-12(3)4/h5-6H,7-10H2,1-4H3. The Labute approximate surface area is 98.4 Å². The number of hydrogen-bond acceptors (Lipinski definition) is 1. The molecule has 1 saturated heterocycles. The highest BCUT2D eigenvalue weighted by Gasteiger charge is 2.26. The smallest absolute Gasteiger partial charge is 0.319 e. The van der Waals surface area contributed by atoms with Crippen molar-refractivity contribution in [1.29, 1.82) is 0 Å². The van der Waals surface area contributed by atoms with Gasteiger partial charge in [0, 0.05) is 26.2 Å². The van der Waals surface area contributed by atoms with Crippen LogP contribution in [0.5, 0.6) is 0 Å². The lowest BCUT2D eigenvalue weighted by atomic mass is 10.3. The lowest BCUT2D eigenvalue weighted by Gasteiger charge is -2.16. The Morgan fingerprint density at radius 1 is 1.00 bits per heavy atom. The monoisotopic (exact) mass is 222 g/mol. The Balaban J connectivity index is 2.48. The lowest BCUT2D eigenvalue weighted by molar-refractivity contribution is 0.198. The predicted octanol–water partition coefficient (Wildman–Crippen LogP) is 2.66. The van der Waals surface area contributed by atoms with Crippen LogP contribution in [-0.4, -0.2) is 42.0 Å². The second kappa shape index (κ2) is 5.73. The van der Waals surface area contributed by atoms with Gasteiger partial charge in [-0.3, -0.25) is 0 Å². The molecule has 0 saturated carbocycles. The summed E-state index contributed by atoms with van der Waals surface area (Å²) in [5.41, 5.74) is 2.52. The fourth-order valence-electron chi connectivity index (χ4n) is 1.56. The van der Waals surface area contributed by atoms with Gasteiger partial charge < -0.3 is 9.80 Å². The summed E-state index contributed by atoms with van der Waals surface area (Å²) >= 11 is 0. The van der Waals surface area contributed by atoms with Crippen molar-refractivity contribution >= 4 is 6.03 Å². The first-order chi connectivity index (χ1) is 7.50. The Morgan fingerprint density at radius 2 is 1.38 bits per heavy atom. The molecule has 3 nitrogen and oxygen atoms in total. The van der Waals surface area contributed by atoms with Crippen molar-refractivity contribution in [3.05, 3.63) is 23.3 Å². The maximum Gasteiger partial charge on any atom is 0.320 e. The average molecular weight is 222 g/mol. The predicted molar refractivity (Wildman–Crippen MR) is 67.4 cm³/mol.